The molecule has 2 unspecified atom stereocenters. The second kappa shape index (κ2) is 5.56. The average molecular weight is 276 g/mol. The summed E-state index contributed by atoms with van der Waals surface area (Å²) in [6.07, 6.45) is 6.09. The van der Waals surface area contributed by atoms with Crippen molar-refractivity contribution in [2.24, 2.45) is 0 Å². The van der Waals surface area contributed by atoms with Crippen molar-refractivity contribution in [2.75, 3.05) is 23.8 Å². The van der Waals surface area contributed by atoms with Gasteiger partial charge in [0.25, 0.3) is 0 Å². The van der Waals surface area contributed by atoms with Crippen LogP contribution < -0.4 is 10.6 Å². The fraction of sp³-hybridized carbons (Fsp3) is 0.733. The molecule has 5 nitrogen and oxygen atoms in total. The Balaban J connectivity index is 1.96. The molecule has 2 aliphatic rings. The van der Waals surface area contributed by atoms with Crippen LogP contribution in [0.25, 0.3) is 0 Å². The number of morpholine rings is 1. The van der Waals surface area contributed by atoms with Crippen LogP contribution in [0.2, 0.25) is 0 Å². The zero-order valence-electron chi connectivity index (χ0n) is 12.4. The quantitative estimate of drug-likeness (QED) is 0.896. The summed E-state index contributed by atoms with van der Waals surface area (Å²) in [7, 11) is 0. The molecule has 2 heterocycles. The molecule has 3 rings (SSSR count). The molecule has 1 saturated carbocycles. The number of anilines is 2. The van der Waals surface area contributed by atoms with Gasteiger partial charge in [-0.2, -0.15) is 0 Å². The van der Waals surface area contributed by atoms with Gasteiger partial charge in [0.05, 0.1) is 18.8 Å². The summed E-state index contributed by atoms with van der Waals surface area (Å²) in [4.78, 5) is 11.5. The molecule has 1 aromatic rings. The first-order valence-corrected chi connectivity index (χ1v) is 7.72. The number of nitrogen functional groups attached to an aromatic ring is 1. The Morgan fingerprint density at radius 3 is 2.90 bits per heavy atom. The van der Waals surface area contributed by atoms with Gasteiger partial charge >= 0.3 is 0 Å². The molecule has 5 heteroatoms. The maximum atomic E-state index is 6.06. The van der Waals surface area contributed by atoms with Gasteiger partial charge in [0.2, 0.25) is 0 Å². The summed E-state index contributed by atoms with van der Waals surface area (Å²) >= 11 is 0. The molecular weight excluding hydrogens is 252 g/mol. The largest absolute Gasteiger partial charge is 0.383 e. The van der Waals surface area contributed by atoms with Crippen molar-refractivity contribution in [3.8, 4) is 0 Å². The molecule has 0 aromatic carbocycles. The lowest BCUT2D eigenvalue weighted by molar-refractivity contribution is -0.00904. The van der Waals surface area contributed by atoms with Crippen molar-refractivity contribution in [1.82, 2.24) is 9.97 Å². The molecule has 0 spiro atoms. The minimum absolute atomic E-state index is 0.359. The summed E-state index contributed by atoms with van der Waals surface area (Å²) < 4.78 is 5.94. The topological polar surface area (TPSA) is 64.3 Å². The van der Waals surface area contributed by atoms with Gasteiger partial charge in [-0.1, -0.05) is 19.8 Å². The van der Waals surface area contributed by atoms with Crippen LogP contribution in [-0.2, 0) is 11.2 Å². The minimum atomic E-state index is 0.359. The van der Waals surface area contributed by atoms with Crippen LogP contribution in [-0.4, -0.2) is 35.3 Å². The highest BCUT2D eigenvalue weighted by molar-refractivity contribution is 5.57. The van der Waals surface area contributed by atoms with Crippen LogP contribution >= 0.6 is 0 Å². The van der Waals surface area contributed by atoms with Crippen LogP contribution in [0.15, 0.2) is 0 Å². The predicted molar refractivity (Wildman–Crippen MR) is 79.9 cm³/mol. The predicted octanol–water partition coefficient (Wildman–Crippen LogP) is 2.08. The van der Waals surface area contributed by atoms with E-state index in [0.29, 0.717) is 18.0 Å². The highest BCUT2D eigenvalue weighted by Gasteiger charge is 2.35. The molecule has 1 saturated heterocycles. The fourth-order valence-electron chi connectivity index (χ4n) is 3.37. The molecule has 0 amide bonds. The van der Waals surface area contributed by atoms with Crippen molar-refractivity contribution < 1.29 is 4.74 Å². The molecule has 0 bridgehead atoms. The Labute approximate surface area is 120 Å². The van der Waals surface area contributed by atoms with Crippen LogP contribution in [0.3, 0.4) is 0 Å². The first kappa shape index (κ1) is 13.6. The first-order chi connectivity index (χ1) is 9.70. The van der Waals surface area contributed by atoms with E-state index >= 15 is 0 Å². The molecule has 1 aliphatic heterocycles. The third-order valence-electron chi connectivity index (χ3n) is 4.52. The maximum absolute atomic E-state index is 6.06. The van der Waals surface area contributed by atoms with E-state index < -0.39 is 0 Å². The van der Waals surface area contributed by atoms with Crippen LogP contribution in [0.5, 0.6) is 0 Å². The lowest BCUT2D eigenvalue weighted by atomic mass is 9.90. The third-order valence-corrected chi connectivity index (χ3v) is 4.52. The SMILES string of the molecule is CCc1nc(N)c(C)c(N2CCOC3CCCCC32)n1. The van der Waals surface area contributed by atoms with Gasteiger partial charge in [0.1, 0.15) is 17.5 Å². The number of aryl methyl sites for hydroxylation is 1. The molecular formula is C15H24N4O. The number of hydrogen-bond donors (Lipinski definition) is 1. The van der Waals surface area contributed by atoms with Crippen LogP contribution in [0, 0.1) is 6.92 Å². The molecule has 1 aliphatic carbocycles. The van der Waals surface area contributed by atoms with Gasteiger partial charge in [0, 0.05) is 18.5 Å². The van der Waals surface area contributed by atoms with Gasteiger partial charge < -0.3 is 15.4 Å². The Morgan fingerprint density at radius 2 is 2.10 bits per heavy atom. The first-order valence-electron chi connectivity index (χ1n) is 7.72. The molecule has 2 atom stereocenters. The van der Waals surface area contributed by atoms with E-state index in [1.807, 2.05) is 6.92 Å². The summed E-state index contributed by atoms with van der Waals surface area (Å²) in [6, 6.07) is 0.454. The zero-order chi connectivity index (χ0) is 14.1. The average Bonchev–Trinajstić information content (AvgIpc) is 2.49. The number of hydrogen-bond acceptors (Lipinski definition) is 5. The third kappa shape index (κ3) is 2.35. The van der Waals surface area contributed by atoms with Crippen molar-refractivity contribution in [1.29, 1.82) is 0 Å². The lowest BCUT2D eigenvalue weighted by Gasteiger charge is -2.45. The monoisotopic (exact) mass is 276 g/mol. The smallest absolute Gasteiger partial charge is 0.137 e. The number of nitrogens with zero attached hydrogens (tertiary/aromatic N) is 3. The zero-order valence-corrected chi connectivity index (χ0v) is 12.4. The number of nitrogens with two attached hydrogens (primary N) is 1. The van der Waals surface area contributed by atoms with Crippen molar-refractivity contribution in [2.45, 2.75) is 58.1 Å². The van der Waals surface area contributed by atoms with Crippen molar-refractivity contribution in [3.63, 3.8) is 0 Å². The number of fused-ring (bicyclic) bond motifs is 1. The summed E-state index contributed by atoms with van der Waals surface area (Å²) in [5, 5.41) is 0. The van der Waals surface area contributed by atoms with Gasteiger partial charge in [0.15, 0.2) is 0 Å². The molecule has 2 N–H and O–H groups in total. The standard InChI is InChI=1S/C15H24N4O/c1-3-13-17-14(16)10(2)15(18-13)19-8-9-20-12-7-5-4-6-11(12)19/h11-12H,3-9H2,1-2H3,(H2,16,17,18). The highest BCUT2D eigenvalue weighted by Crippen LogP contribution is 2.33. The second-order valence-electron chi connectivity index (χ2n) is 5.78. The number of aromatic nitrogens is 2. The van der Waals surface area contributed by atoms with Crippen molar-refractivity contribution >= 4 is 11.6 Å². The van der Waals surface area contributed by atoms with E-state index in [0.717, 1.165) is 36.8 Å². The molecule has 2 fully saturated rings. The summed E-state index contributed by atoms with van der Waals surface area (Å²) in [5.74, 6) is 2.47. The van der Waals surface area contributed by atoms with Crippen molar-refractivity contribution in [3.05, 3.63) is 11.4 Å². The Morgan fingerprint density at radius 1 is 1.30 bits per heavy atom. The molecule has 1 aromatic heterocycles. The van der Waals surface area contributed by atoms with Gasteiger partial charge in [-0.3, -0.25) is 0 Å². The molecule has 110 valence electrons. The maximum Gasteiger partial charge on any atom is 0.137 e. The van der Waals surface area contributed by atoms with Gasteiger partial charge in [-0.05, 0) is 19.8 Å². The van der Waals surface area contributed by atoms with E-state index in [-0.39, 0.29) is 0 Å². The molecule has 20 heavy (non-hydrogen) atoms. The van der Waals surface area contributed by atoms with E-state index in [1.165, 1.54) is 25.7 Å². The minimum Gasteiger partial charge on any atom is -0.383 e. The van der Waals surface area contributed by atoms with Gasteiger partial charge in [-0.25, -0.2) is 9.97 Å². The second-order valence-corrected chi connectivity index (χ2v) is 5.78. The normalized spacial score (nSPS) is 26.4. The summed E-state index contributed by atoms with van der Waals surface area (Å²) in [6.45, 7) is 5.78. The number of ether oxygens (including phenoxy) is 1. The van der Waals surface area contributed by atoms with Crippen LogP contribution in [0.1, 0.15) is 44.0 Å². The fourth-order valence-corrected chi connectivity index (χ4v) is 3.37. The number of rotatable bonds is 2. The van der Waals surface area contributed by atoms with Gasteiger partial charge in [-0.15, -0.1) is 0 Å². The molecule has 0 radical (unpaired) electrons. The van der Waals surface area contributed by atoms with E-state index in [4.69, 9.17) is 15.5 Å². The summed E-state index contributed by atoms with van der Waals surface area (Å²) in [5.41, 5.74) is 7.07. The van der Waals surface area contributed by atoms with E-state index in [9.17, 15) is 0 Å². The van der Waals surface area contributed by atoms with E-state index in [2.05, 4.69) is 16.8 Å². The Bertz CT molecular complexity index is 489. The highest BCUT2D eigenvalue weighted by atomic mass is 16.5. The Kier molecular flexibility index (Phi) is 3.78. The van der Waals surface area contributed by atoms with Crippen LogP contribution in [0.4, 0.5) is 11.6 Å². The Hall–Kier alpha value is -1.36. The lowest BCUT2D eigenvalue weighted by Crippen LogP contribution is -2.53. The van der Waals surface area contributed by atoms with E-state index in [1.54, 1.807) is 0 Å².